The molecule has 1 heterocycles. The molecule has 0 aromatic heterocycles. The molecule has 1 aliphatic carbocycles. The van der Waals surface area contributed by atoms with Crippen LogP contribution in [0.25, 0.3) is 0 Å². The fourth-order valence-electron chi connectivity index (χ4n) is 5.22. The van der Waals surface area contributed by atoms with E-state index in [-0.39, 0.29) is 11.9 Å². The van der Waals surface area contributed by atoms with Crippen molar-refractivity contribution in [2.45, 2.75) is 38.3 Å². The molecular formula is C32H38N2O5. The highest BCUT2D eigenvalue weighted by molar-refractivity contribution is 5.78. The van der Waals surface area contributed by atoms with Gasteiger partial charge in [-0.1, -0.05) is 36.4 Å². The molecule has 206 valence electrons. The summed E-state index contributed by atoms with van der Waals surface area (Å²) in [7, 11) is 4.99. The third kappa shape index (κ3) is 6.66. The standard InChI is InChI=1S/C32H38N2O5/c1-36-29-16-24(11-12-28(29)39-21-23-9-10-23)15-27-26-18-31(38-3)30(37-2)17-25(26)13-14-34(27)20-32(35)33-19-22-7-5-4-6-8-22/h4-8,11-12,16-18,23,27H,9-10,13-15,19-21H2,1-3H3,(H,33,35). The van der Waals surface area contributed by atoms with E-state index in [4.69, 9.17) is 18.9 Å². The van der Waals surface area contributed by atoms with Crippen molar-refractivity contribution in [3.63, 3.8) is 0 Å². The van der Waals surface area contributed by atoms with Gasteiger partial charge in [0.05, 0.1) is 34.5 Å². The van der Waals surface area contributed by atoms with E-state index in [1.54, 1.807) is 21.3 Å². The summed E-state index contributed by atoms with van der Waals surface area (Å²) >= 11 is 0. The number of fused-ring (bicyclic) bond motifs is 1. The smallest absolute Gasteiger partial charge is 0.234 e. The van der Waals surface area contributed by atoms with Crippen molar-refractivity contribution in [2.24, 2.45) is 5.92 Å². The Labute approximate surface area is 231 Å². The van der Waals surface area contributed by atoms with Gasteiger partial charge in [-0.25, -0.2) is 0 Å². The first-order chi connectivity index (χ1) is 19.1. The highest BCUT2D eigenvalue weighted by atomic mass is 16.5. The van der Waals surface area contributed by atoms with Crippen LogP contribution in [0.4, 0.5) is 0 Å². The quantitative estimate of drug-likeness (QED) is 0.357. The van der Waals surface area contributed by atoms with Gasteiger partial charge in [-0.15, -0.1) is 0 Å². The molecule has 1 unspecified atom stereocenters. The summed E-state index contributed by atoms with van der Waals surface area (Å²) in [5.41, 5.74) is 4.57. The molecule has 0 saturated heterocycles. The van der Waals surface area contributed by atoms with Crippen LogP contribution in [0.1, 0.15) is 41.1 Å². The van der Waals surface area contributed by atoms with E-state index in [1.807, 2.05) is 36.4 Å². The number of nitrogens with one attached hydrogen (secondary N) is 1. The topological polar surface area (TPSA) is 69.3 Å². The number of rotatable bonds is 12. The summed E-state index contributed by atoms with van der Waals surface area (Å²) in [5, 5.41) is 3.09. The van der Waals surface area contributed by atoms with Gasteiger partial charge in [-0.2, -0.15) is 0 Å². The average Bonchev–Trinajstić information content (AvgIpc) is 3.81. The molecule has 1 amide bonds. The minimum Gasteiger partial charge on any atom is -0.493 e. The summed E-state index contributed by atoms with van der Waals surface area (Å²) in [6, 6.07) is 20.3. The second kappa shape index (κ2) is 12.4. The van der Waals surface area contributed by atoms with Crippen LogP contribution in [-0.4, -0.2) is 51.8 Å². The molecular weight excluding hydrogens is 492 g/mol. The molecule has 3 aromatic rings. The van der Waals surface area contributed by atoms with E-state index < -0.39 is 0 Å². The Hall–Kier alpha value is -3.71. The van der Waals surface area contributed by atoms with Crippen molar-refractivity contribution in [2.75, 3.05) is 41.0 Å². The Morgan fingerprint density at radius 3 is 2.31 bits per heavy atom. The normalized spacial score (nSPS) is 16.7. The predicted octanol–water partition coefficient (Wildman–Crippen LogP) is 4.96. The lowest BCUT2D eigenvalue weighted by Gasteiger charge is -2.37. The van der Waals surface area contributed by atoms with E-state index in [2.05, 4.69) is 34.5 Å². The van der Waals surface area contributed by atoms with Crippen LogP contribution in [0.2, 0.25) is 0 Å². The van der Waals surface area contributed by atoms with Gasteiger partial charge >= 0.3 is 0 Å². The molecule has 2 aliphatic rings. The number of methoxy groups -OCH3 is 3. The van der Waals surface area contributed by atoms with Gasteiger partial charge in [-0.05, 0) is 78.1 Å². The zero-order chi connectivity index (χ0) is 27.2. The maximum absolute atomic E-state index is 13.1. The first-order valence-electron chi connectivity index (χ1n) is 13.7. The maximum atomic E-state index is 13.1. The number of benzene rings is 3. The molecule has 3 aromatic carbocycles. The van der Waals surface area contributed by atoms with E-state index in [1.165, 1.54) is 18.4 Å². The fourth-order valence-corrected chi connectivity index (χ4v) is 5.22. The average molecular weight is 531 g/mol. The third-order valence-corrected chi connectivity index (χ3v) is 7.62. The summed E-state index contributed by atoms with van der Waals surface area (Å²) < 4.78 is 22.9. The van der Waals surface area contributed by atoms with Crippen LogP contribution in [0.5, 0.6) is 23.0 Å². The summed E-state index contributed by atoms with van der Waals surface area (Å²) in [4.78, 5) is 15.3. The molecule has 1 saturated carbocycles. The van der Waals surface area contributed by atoms with Gasteiger partial charge in [0, 0.05) is 19.1 Å². The molecule has 7 nitrogen and oxygen atoms in total. The summed E-state index contributed by atoms with van der Waals surface area (Å²) in [6.45, 7) is 2.33. The van der Waals surface area contributed by atoms with Gasteiger partial charge in [0.2, 0.25) is 5.91 Å². The zero-order valence-corrected chi connectivity index (χ0v) is 23.1. The van der Waals surface area contributed by atoms with Gasteiger partial charge in [-0.3, -0.25) is 9.69 Å². The highest BCUT2D eigenvalue weighted by Gasteiger charge is 2.31. The van der Waals surface area contributed by atoms with Crippen LogP contribution < -0.4 is 24.3 Å². The first-order valence-corrected chi connectivity index (χ1v) is 13.7. The van der Waals surface area contributed by atoms with Crippen LogP contribution in [-0.2, 0) is 24.2 Å². The Morgan fingerprint density at radius 2 is 1.59 bits per heavy atom. The predicted molar refractivity (Wildman–Crippen MR) is 151 cm³/mol. The largest absolute Gasteiger partial charge is 0.493 e. The van der Waals surface area contributed by atoms with E-state index in [0.29, 0.717) is 31.2 Å². The summed E-state index contributed by atoms with van der Waals surface area (Å²) in [6.07, 6.45) is 4.03. The van der Waals surface area contributed by atoms with Crippen molar-refractivity contribution in [1.82, 2.24) is 10.2 Å². The lowest BCUT2D eigenvalue weighted by molar-refractivity contribution is -0.123. The van der Waals surface area contributed by atoms with Crippen LogP contribution in [0.15, 0.2) is 60.7 Å². The van der Waals surface area contributed by atoms with Crippen molar-refractivity contribution < 1.29 is 23.7 Å². The zero-order valence-electron chi connectivity index (χ0n) is 23.1. The third-order valence-electron chi connectivity index (χ3n) is 7.62. The van der Waals surface area contributed by atoms with E-state index >= 15 is 0 Å². The van der Waals surface area contributed by atoms with E-state index in [0.717, 1.165) is 53.5 Å². The number of ether oxygens (including phenoxy) is 4. The number of nitrogens with zero attached hydrogens (tertiary/aromatic N) is 1. The molecule has 1 fully saturated rings. The molecule has 1 aliphatic heterocycles. The Morgan fingerprint density at radius 1 is 0.872 bits per heavy atom. The van der Waals surface area contributed by atoms with Gasteiger partial charge in [0.15, 0.2) is 23.0 Å². The number of hydrogen-bond donors (Lipinski definition) is 1. The SMILES string of the molecule is COc1cc2c(cc1OC)C(Cc1ccc(OCC3CC3)c(OC)c1)N(CC(=O)NCc1ccccc1)CC2. The molecule has 7 heteroatoms. The monoisotopic (exact) mass is 530 g/mol. The number of carbonyl (C=O) groups is 1. The molecule has 39 heavy (non-hydrogen) atoms. The second-order valence-electron chi connectivity index (χ2n) is 10.3. The maximum Gasteiger partial charge on any atom is 0.234 e. The molecule has 0 radical (unpaired) electrons. The highest BCUT2D eigenvalue weighted by Crippen LogP contribution is 2.40. The molecule has 0 spiro atoms. The number of carbonyl (C=O) groups excluding carboxylic acids is 1. The van der Waals surface area contributed by atoms with E-state index in [9.17, 15) is 4.79 Å². The number of hydrogen-bond acceptors (Lipinski definition) is 6. The number of amides is 1. The lowest BCUT2D eigenvalue weighted by atomic mass is 9.88. The lowest BCUT2D eigenvalue weighted by Crippen LogP contribution is -2.43. The Bertz CT molecular complexity index is 1280. The second-order valence-corrected chi connectivity index (χ2v) is 10.3. The molecule has 5 rings (SSSR count). The molecule has 1 N–H and O–H groups in total. The van der Waals surface area contributed by atoms with Crippen molar-refractivity contribution >= 4 is 5.91 Å². The van der Waals surface area contributed by atoms with Gasteiger partial charge in [0.25, 0.3) is 0 Å². The van der Waals surface area contributed by atoms with Crippen molar-refractivity contribution in [1.29, 1.82) is 0 Å². The Kier molecular flexibility index (Phi) is 8.57. The van der Waals surface area contributed by atoms with Gasteiger partial charge in [0.1, 0.15) is 0 Å². The first kappa shape index (κ1) is 26.9. The Balaban J connectivity index is 1.38. The molecule has 0 bridgehead atoms. The summed E-state index contributed by atoms with van der Waals surface area (Å²) in [5.74, 6) is 3.61. The van der Waals surface area contributed by atoms with Crippen LogP contribution in [0, 0.1) is 5.92 Å². The van der Waals surface area contributed by atoms with Gasteiger partial charge < -0.3 is 24.3 Å². The van der Waals surface area contributed by atoms with Crippen molar-refractivity contribution in [3.8, 4) is 23.0 Å². The van der Waals surface area contributed by atoms with Crippen LogP contribution >= 0.6 is 0 Å². The fraction of sp³-hybridized carbons (Fsp3) is 0.406. The van der Waals surface area contributed by atoms with Crippen molar-refractivity contribution in [3.05, 3.63) is 82.9 Å². The van der Waals surface area contributed by atoms with Crippen LogP contribution in [0.3, 0.4) is 0 Å². The minimum absolute atomic E-state index is 0.00850. The minimum atomic E-state index is -0.0148. The molecule has 1 atom stereocenters.